The van der Waals surface area contributed by atoms with Gasteiger partial charge in [0.15, 0.2) is 20.0 Å². The van der Waals surface area contributed by atoms with Gasteiger partial charge < -0.3 is 28.2 Å². The zero-order chi connectivity index (χ0) is 37.5. The Labute approximate surface area is 311 Å². The number of halogens is 2. The fourth-order valence-corrected chi connectivity index (χ4v) is 7.32. The zero-order valence-corrected chi connectivity index (χ0v) is 33.9. The van der Waals surface area contributed by atoms with E-state index < -0.39 is 26.1 Å². The summed E-state index contributed by atoms with van der Waals surface area (Å²) in [4.78, 5) is 31.0. The van der Waals surface area contributed by atoms with Gasteiger partial charge >= 0.3 is 6.09 Å². The maximum absolute atomic E-state index is 12.9. The van der Waals surface area contributed by atoms with Crippen LogP contribution in [0.5, 0.6) is 5.75 Å². The van der Waals surface area contributed by atoms with Crippen LogP contribution in [0.25, 0.3) is 22.6 Å². The molecular formula is C37H48Cl2N6O5Si. The van der Waals surface area contributed by atoms with Gasteiger partial charge in [0.2, 0.25) is 0 Å². The van der Waals surface area contributed by atoms with Crippen LogP contribution < -0.4 is 9.64 Å². The number of rotatable bonds is 10. The lowest BCUT2D eigenvalue weighted by molar-refractivity contribution is 0.0172. The Morgan fingerprint density at radius 3 is 2.43 bits per heavy atom. The second kappa shape index (κ2) is 14.7. The van der Waals surface area contributed by atoms with Crippen molar-refractivity contribution < 1.29 is 23.2 Å². The monoisotopic (exact) mass is 754 g/mol. The molecule has 274 valence electrons. The topological polar surface area (TPSA) is 116 Å². The van der Waals surface area contributed by atoms with Gasteiger partial charge in [-0.05, 0) is 82.6 Å². The molecule has 1 aliphatic heterocycles. The molecule has 1 unspecified atom stereocenters. The minimum Gasteiger partial charge on any atom is -0.491 e. The van der Waals surface area contributed by atoms with Gasteiger partial charge in [-0.15, -0.1) is 0 Å². The molecule has 0 N–H and O–H groups in total. The van der Waals surface area contributed by atoms with Gasteiger partial charge in [0, 0.05) is 25.4 Å². The summed E-state index contributed by atoms with van der Waals surface area (Å²) in [5, 5.41) is 4.91. The van der Waals surface area contributed by atoms with Crippen LogP contribution in [0.15, 0.2) is 41.1 Å². The van der Waals surface area contributed by atoms with Crippen molar-refractivity contribution in [3.63, 3.8) is 0 Å². The zero-order valence-electron chi connectivity index (χ0n) is 31.4. The Bertz CT molecular complexity index is 1860. The van der Waals surface area contributed by atoms with Crippen LogP contribution in [0.3, 0.4) is 0 Å². The predicted octanol–water partition coefficient (Wildman–Crippen LogP) is 9.27. The van der Waals surface area contributed by atoms with Gasteiger partial charge in [-0.2, -0.15) is 0 Å². The second-order valence-electron chi connectivity index (χ2n) is 15.5. The van der Waals surface area contributed by atoms with Crippen LogP contribution in [-0.2, 0) is 22.3 Å². The Morgan fingerprint density at radius 1 is 1.08 bits per heavy atom. The number of nitrogens with zero attached hydrogens (tertiary/aromatic N) is 6. The number of benzene rings is 1. The number of carbonyl (C=O) groups excluding carboxylic acids is 1. The highest BCUT2D eigenvalue weighted by Crippen LogP contribution is 2.42. The summed E-state index contributed by atoms with van der Waals surface area (Å²) in [6.45, 7) is 21.7. The van der Waals surface area contributed by atoms with Gasteiger partial charge in [0.25, 0.3) is 0 Å². The van der Waals surface area contributed by atoms with E-state index in [1.165, 1.54) is 4.90 Å². The first-order valence-electron chi connectivity index (χ1n) is 17.0. The van der Waals surface area contributed by atoms with Crippen molar-refractivity contribution in [3.05, 3.63) is 69.3 Å². The minimum atomic E-state index is -2.25. The van der Waals surface area contributed by atoms with Crippen molar-refractivity contribution in [2.24, 2.45) is 0 Å². The fourth-order valence-electron chi connectivity index (χ4n) is 5.49. The molecule has 0 saturated carbocycles. The van der Waals surface area contributed by atoms with E-state index in [-0.39, 0.29) is 18.2 Å². The second-order valence-corrected chi connectivity index (χ2v) is 21.1. The number of aryl methyl sites for hydroxylation is 2. The summed E-state index contributed by atoms with van der Waals surface area (Å²) in [5.74, 6) is 2.03. The lowest BCUT2D eigenvalue weighted by Gasteiger charge is -2.40. The third kappa shape index (κ3) is 8.85. The van der Waals surface area contributed by atoms with Crippen LogP contribution >= 0.6 is 23.2 Å². The molecule has 0 spiro atoms. The van der Waals surface area contributed by atoms with Crippen molar-refractivity contribution in [2.75, 3.05) is 25.1 Å². The van der Waals surface area contributed by atoms with E-state index in [9.17, 15) is 4.79 Å². The first-order valence-corrected chi connectivity index (χ1v) is 20.6. The average molecular weight is 756 g/mol. The van der Waals surface area contributed by atoms with Crippen molar-refractivity contribution in [2.45, 2.75) is 98.3 Å². The molecule has 3 aromatic heterocycles. The summed E-state index contributed by atoms with van der Waals surface area (Å²) in [7, 11) is -0.546. The highest BCUT2D eigenvalue weighted by Gasteiger charge is 2.40. The predicted molar refractivity (Wildman–Crippen MR) is 203 cm³/mol. The lowest BCUT2D eigenvalue weighted by Crippen LogP contribution is -2.49. The molecule has 0 saturated heterocycles. The van der Waals surface area contributed by atoms with Crippen LogP contribution in [-0.4, -0.2) is 71.3 Å². The molecule has 1 aliphatic rings. The van der Waals surface area contributed by atoms with E-state index in [2.05, 4.69) is 55.0 Å². The Kier molecular flexibility index (Phi) is 11.1. The smallest absolute Gasteiger partial charge is 0.410 e. The molecule has 4 heterocycles. The average Bonchev–Trinajstić information content (AvgIpc) is 3.61. The SMILES string of the molecule is Cc1noc(C)c1-c1nc(-c2cc(OCC(CN(C)C(=O)OC(C)(C)C)O[Si](C)(C)C(C)(C)C)ccc2Cl)nc(N2Cc3cccnc3C2)c1Cl. The molecule has 51 heavy (non-hydrogen) atoms. The maximum Gasteiger partial charge on any atom is 0.410 e. The van der Waals surface area contributed by atoms with Gasteiger partial charge in [0.1, 0.15) is 34.4 Å². The number of ether oxygens (including phenoxy) is 2. The largest absolute Gasteiger partial charge is 0.491 e. The van der Waals surface area contributed by atoms with Crippen molar-refractivity contribution in [3.8, 4) is 28.4 Å². The Balaban J connectivity index is 1.49. The molecule has 14 heteroatoms. The number of carbonyl (C=O) groups is 1. The number of likely N-dealkylation sites (N-methyl/N-ethyl adjacent to an activating group) is 1. The van der Waals surface area contributed by atoms with E-state index in [1.54, 1.807) is 25.4 Å². The molecule has 1 aromatic carbocycles. The van der Waals surface area contributed by atoms with E-state index >= 15 is 0 Å². The first kappa shape index (κ1) is 38.5. The van der Waals surface area contributed by atoms with E-state index in [0.29, 0.717) is 68.8 Å². The van der Waals surface area contributed by atoms with Crippen LogP contribution in [0, 0.1) is 13.8 Å². The van der Waals surface area contributed by atoms with Gasteiger partial charge in [-0.3, -0.25) is 4.98 Å². The third-order valence-corrected chi connectivity index (χ3v) is 14.4. The molecule has 0 aliphatic carbocycles. The van der Waals surface area contributed by atoms with Gasteiger partial charge in [-0.25, -0.2) is 14.8 Å². The lowest BCUT2D eigenvalue weighted by atomic mass is 10.1. The molecule has 0 fully saturated rings. The van der Waals surface area contributed by atoms with E-state index in [1.807, 2.05) is 46.8 Å². The molecule has 0 bridgehead atoms. The number of fused-ring (bicyclic) bond motifs is 1. The van der Waals surface area contributed by atoms with Crippen molar-refractivity contribution >= 4 is 43.4 Å². The third-order valence-electron chi connectivity index (χ3n) is 9.15. The number of hydrogen-bond acceptors (Lipinski definition) is 10. The number of anilines is 1. The van der Waals surface area contributed by atoms with Gasteiger partial charge in [-0.1, -0.05) is 55.2 Å². The number of aromatic nitrogens is 4. The Hall–Kier alpha value is -3.71. The Morgan fingerprint density at radius 2 is 1.80 bits per heavy atom. The van der Waals surface area contributed by atoms with Gasteiger partial charge in [0.05, 0.1) is 41.2 Å². The number of hydrogen-bond donors (Lipinski definition) is 0. The quantitative estimate of drug-likeness (QED) is 0.145. The summed E-state index contributed by atoms with van der Waals surface area (Å²) < 4.78 is 24.3. The van der Waals surface area contributed by atoms with E-state index in [0.717, 1.165) is 11.3 Å². The van der Waals surface area contributed by atoms with Crippen LogP contribution in [0.1, 0.15) is 64.3 Å². The summed E-state index contributed by atoms with van der Waals surface area (Å²) >= 11 is 14.0. The maximum atomic E-state index is 12.9. The molecule has 11 nitrogen and oxygen atoms in total. The number of amides is 1. The van der Waals surface area contributed by atoms with Crippen molar-refractivity contribution in [1.29, 1.82) is 0 Å². The summed E-state index contributed by atoms with van der Waals surface area (Å²) in [5.41, 5.74) is 3.85. The molecule has 4 aromatic rings. The summed E-state index contributed by atoms with van der Waals surface area (Å²) in [6, 6.07) is 9.34. The van der Waals surface area contributed by atoms with Crippen molar-refractivity contribution in [1.82, 2.24) is 25.0 Å². The normalized spacial score (nSPS) is 14.0. The van der Waals surface area contributed by atoms with Crippen LogP contribution in [0.4, 0.5) is 10.6 Å². The molecule has 5 rings (SSSR count). The first-order chi connectivity index (χ1) is 23.7. The molecule has 1 atom stereocenters. The highest BCUT2D eigenvalue weighted by atomic mass is 35.5. The fraction of sp³-hybridized carbons (Fsp3) is 0.486. The molecular weight excluding hydrogens is 707 g/mol. The summed E-state index contributed by atoms with van der Waals surface area (Å²) in [6.07, 6.45) is 0.923. The minimum absolute atomic E-state index is 0.0570. The van der Waals surface area contributed by atoms with Crippen LogP contribution in [0.2, 0.25) is 28.2 Å². The molecule has 1 amide bonds. The molecule has 0 radical (unpaired) electrons. The van der Waals surface area contributed by atoms with E-state index in [4.69, 9.17) is 51.6 Å². The number of pyridine rings is 1. The standard InChI is InChI=1S/C37H48Cl2N6O5Si/c1-22-30(23(2)49-43-22)32-31(39)34(45-18-24-13-12-16-40-29(24)20-45)42-33(41-32)27-17-25(14-15-28(27)38)47-21-26(50-51(10,11)37(6,7)8)19-44(9)35(46)48-36(3,4)5/h12-17,26H,18-21H2,1-11H3. The highest BCUT2D eigenvalue weighted by molar-refractivity contribution is 6.74.